The average Bonchev–Trinajstić information content (AvgIpc) is 2.66. The van der Waals surface area contributed by atoms with Crippen molar-refractivity contribution in [1.82, 2.24) is 5.32 Å². The zero-order valence-corrected chi connectivity index (χ0v) is 12.8. The molecule has 1 heterocycles. The molecule has 0 saturated carbocycles. The third kappa shape index (κ3) is 3.87. The normalized spacial score (nSPS) is 20.4. The molecule has 2 rings (SSSR count). The minimum absolute atomic E-state index is 0.839. The first kappa shape index (κ1) is 14.7. The van der Waals surface area contributed by atoms with Crippen molar-refractivity contribution >= 4 is 17.3 Å². The molecule has 0 bridgehead atoms. The Morgan fingerprint density at radius 1 is 1.32 bits per heavy atom. The molecule has 1 N–H and O–H groups in total. The summed E-state index contributed by atoms with van der Waals surface area (Å²) in [5, 5.41) is 4.09. The van der Waals surface area contributed by atoms with Gasteiger partial charge in [0.2, 0.25) is 0 Å². The zero-order valence-electron chi connectivity index (χ0n) is 12.1. The van der Waals surface area contributed by atoms with Crippen LogP contribution in [0.5, 0.6) is 0 Å². The lowest BCUT2D eigenvalue weighted by Crippen LogP contribution is -2.26. The van der Waals surface area contributed by atoms with Gasteiger partial charge >= 0.3 is 0 Å². The Hall–Kier alpha value is -0.730. The Balaban J connectivity index is 2.17. The van der Waals surface area contributed by atoms with E-state index in [4.69, 9.17) is 11.6 Å². The number of hydrogen-bond acceptors (Lipinski definition) is 2. The van der Waals surface area contributed by atoms with Gasteiger partial charge in [0.05, 0.1) is 0 Å². The molecule has 1 aromatic rings. The summed E-state index contributed by atoms with van der Waals surface area (Å²) in [5.41, 5.74) is 2.67. The van der Waals surface area contributed by atoms with E-state index >= 15 is 0 Å². The zero-order chi connectivity index (χ0) is 13.7. The Morgan fingerprint density at radius 2 is 2.16 bits per heavy atom. The molecule has 1 saturated heterocycles. The fourth-order valence-electron chi connectivity index (χ4n) is 2.99. The van der Waals surface area contributed by atoms with E-state index in [1.807, 2.05) is 13.1 Å². The fourth-order valence-corrected chi connectivity index (χ4v) is 3.15. The Morgan fingerprint density at radius 3 is 2.89 bits per heavy atom. The van der Waals surface area contributed by atoms with Gasteiger partial charge in [0.1, 0.15) is 0 Å². The Kier molecular flexibility index (Phi) is 5.53. The number of benzene rings is 1. The molecule has 0 aliphatic carbocycles. The third-order valence-electron chi connectivity index (χ3n) is 4.18. The van der Waals surface area contributed by atoms with Gasteiger partial charge in [0.15, 0.2) is 0 Å². The van der Waals surface area contributed by atoms with Gasteiger partial charge in [-0.3, -0.25) is 0 Å². The van der Waals surface area contributed by atoms with Crippen LogP contribution in [-0.2, 0) is 6.54 Å². The molecule has 1 aliphatic heterocycles. The van der Waals surface area contributed by atoms with Gasteiger partial charge in [0, 0.05) is 30.3 Å². The van der Waals surface area contributed by atoms with E-state index in [1.54, 1.807) is 0 Å². The van der Waals surface area contributed by atoms with E-state index in [0.717, 1.165) is 30.6 Å². The minimum Gasteiger partial charge on any atom is -0.371 e. The van der Waals surface area contributed by atoms with Gasteiger partial charge in [-0.25, -0.2) is 0 Å². The van der Waals surface area contributed by atoms with Crippen LogP contribution >= 0.6 is 11.6 Å². The number of hydrogen-bond donors (Lipinski definition) is 1. The van der Waals surface area contributed by atoms with Crippen LogP contribution in [0.3, 0.4) is 0 Å². The van der Waals surface area contributed by atoms with Crippen LogP contribution < -0.4 is 10.2 Å². The van der Waals surface area contributed by atoms with Gasteiger partial charge in [-0.1, -0.05) is 31.0 Å². The number of rotatable bonds is 4. The SMILES string of the molecule is CCC1CCCN(c2cc(Cl)ccc2CNC)CC1. The van der Waals surface area contributed by atoms with Gasteiger partial charge in [-0.2, -0.15) is 0 Å². The second-order valence-corrected chi connectivity index (χ2v) is 5.93. The van der Waals surface area contributed by atoms with Crippen molar-refractivity contribution in [3.63, 3.8) is 0 Å². The van der Waals surface area contributed by atoms with Crippen molar-refractivity contribution in [2.75, 3.05) is 25.0 Å². The molecule has 0 amide bonds. The predicted octanol–water partition coefficient (Wildman–Crippen LogP) is 4.08. The first-order chi connectivity index (χ1) is 9.24. The topological polar surface area (TPSA) is 15.3 Å². The maximum Gasteiger partial charge on any atom is 0.0426 e. The van der Waals surface area contributed by atoms with Crippen LogP contribution in [0.25, 0.3) is 0 Å². The van der Waals surface area contributed by atoms with Crippen LogP contribution in [0.1, 0.15) is 38.2 Å². The average molecular weight is 281 g/mol. The molecule has 1 aliphatic rings. The molecule has 1 fully saturated rings. The second-order valence-electron chi connectivity index (χ2n) is 5.50. The smallest absolute Gasteiger partial charge is 0.0426 e. The van der Waals surface area contributed by atoms with Crippen molar-refractivity contribution in [2.45, 2.75) is 39.2 Å². The molecular weight excluding hydrogens is 256 g/mol. The molecule has 19 heavy (non-hydrogen) atoms. The monoisotopic (exact) mass is 280 g/mol. The van der Waals surface area contributed by atoms with Crippen molar-refractivity contribution in [3.05, 3.63) is 28.8 Å². The largest absolute Gasteiger partial charge is 0.371 e. The van der Waals surface area contributed by atoms with Crippen LogP contribution in [-0.4, -0.2) is 20.1 Å². The Labute approximate surface area is 122 Å². The molecule has 106 valence electrons. The lowest BCUT2D eigenvalue weighted by atomic mass is 9.98. The molecule has 1 aromatic carbocycles. The van der Waals surface area contributed by atoms with E-state index in [9.17, 15) is 0 Å². The molecule has 3 heteroatoms. The highest BCUT2D eigenvalue weighted by molar-refractivity contribution is 6.30. The van der Waals surface area contributed by atoms with Gasteiger partial charge in [-0.15, -0.1) is 0 Å². The summed E-state index contributed by atoms with van der Waals surface area (Å²) in [5.74, 6) is 0.900. The van der Waals surface area contributed by atoms with Crippen LogP contribution in [0.4, 0.5) is 5.69 Å². The standard InChI is InChI=1S/C16H25ClN2/c1-3-13-5-4-9-19(10-8-13)16-11-15(17)7-6-14(16)12-18-2/h6-7,11,13,18H,3-5,8-10,12H2,1-2H3. The van der Waals surface area contributed by atoms with Gasteiger partial charge in [0.25, 0.3) is 0 Å². The molecule has 2 nitrogen and oxygen atoms in total. The van der Waals surface area contributed by atoms with Gasteiger partial charge in [-0.05, 0) is 49.9 Å². The van der Waals surface area contributed by atoms with E-state index in [1.165, 1.54) is 36.9 Å². The van der Waals surface area contributed by atoms with Crippen molar-refractivity contribution < 1.29 is 0 Å². The summed E-state index contributed by atoms with van der Waals surface area (Å²) in [6, 6.07) is 6.27. The summed E-state index contributed by atoms with van der Waals surface area (Å²) in [4.78, 5) is 2.52. The van der Waals surface area contributed by atoms with Crippen LogP contribution in [0, 0.1) is 5.92 Å². The molecule has 0 radical (unpaired) electrons. The first-order valence-electron chi connectivity index (χ1n) is 7.42. The summed E-state index contributed by atoms with van der Waals surface area (Å²) in [6.07, 6.45) is 5.29. The molecule has 0 aromatic heterocycles. The second kappa shape index (κ2) is 7.16. The molecule has 1 unspecified atom stereocenters. The summed E-state index contributed by atoms with van der Waals surface area (Å²) in [7, 11) is 1.99. The molecule has 0 spiro atoms. The van der Waals surface area contributed by atoms with E-state index in [0.29, 0.717) is 0 Å². The van der Waals surface area contributed by atoms with Crippen LogP contribution in [0.2, 0.25) is 5.02 Å². The summed E-state index contributed by atoms with van der Waals surface area (Å²) >= 11 is 6.19. The third-order valence-corrected chi connectivity index (χ3v) is 4.42. The number of halogens is 1. The predicted molar refractivity (Wildman–Crippen MR) is 84.1 cm³/mol. The van der Waals surface area contributed by atoms with E-state index in [-0.39, 0.29) is 0 Å². The highest BCUT2D eigenvalue weighted by Gasteiger charge is 2.18. The molecular formula is C16H25ClN2. The summed E-state index contributed by atoms with van der Waals surface area (Å²) in [6.45, 7) is 5.54. The maximum atomic E-state index is 6.19. The lowest BCUT2D eigenvalue weighted by molar-refractivity contribution is 0.459. The van der Waals surface area contributed by atoms with Crippen LogP contribution in [0.15, 0.2) is 18.2 Å². The van der Waals surface area contributed by atoms with Crippen molar-refractivity contribution in [3.8, 4) is 0 Å². The number of nitrogens with zero attached hydrogens (tertiary/aromatic N) is 1. The summed E-state index contributed by atoms with van der Waals surface area (Å²) < 4.78 is 0. The minimum atomic E-state index is 0.839. The highest BCUT2D eigenvalue weighted by atomic mass is 35.5. The Bertz CT molecular complexity index is 406. The van der Waals surface area contributed by atoms with E-state index in [2.05, 4.69) is 29.3 Å². The maximum absolute atomic E-state index is 6.19. The number of anilines is 1. The van der Waals surface area contributed by atoms with Crippen molar-refractivity contribution in [1.29, 1.82) is 0 Å². The fraction of sp³-hybridized carbons (Fsp3) is 0.625. The van der Waals surface area contributed by atoms with E-state index < -0.39 is 0 Å². The first-order valence-corrected chi connectivity index (χ1v) is 7.80. The highest BCUT2D eigenvalue weighted by Crippen LogP contribution is 2.29. The van der Waals surface area contributed by atoms with Gasteiger partial charge < -0.3 is 10.2 Å². The van der Waals surface area contributed by atoms with Crippen molar-refractivity contribution in [2.24, 2.45) is 5.92 Å². The quantitative estimate of drug-likeness (QED) is 0.894. The lowest BCUT2D eigenvalue weighted by Gasteiger charge is -2.26. The molecule has 1 atom stereocenters. The number of nitrogens with one attached hydrogen (secondary N) is 1.